The van der Waals surface area contributed by atoms with Crippen molar-refractivity contribution in [2.75, 3.05) is 7.11 Å². The minimum Gasteiger partial charge on any atom is -0.496 e. The van der Waals surface area contributed by atoms with E-state index in [9.17, 15) is 4.39 Å². The molecule has 2 aromatic rings. The highest BCUT2D eigenvalue weighted by Gasteiger charge is 2.10. The molecule has 0 saturated heterocycles. The Morgan fingerprint density at radius 1 is 1.32 bits per heavy atom. The third-order valence-electron chi connectivity index (χ3n) is 3.11. The summed E-state index contributed by atoms with van der Waals surface area (Å²) in [7, 11) is 1.49. The maximum atomic E-state index is 13.8. The van der Waals surface area contributed by atoms with Crippen LogP contribution in [0, 0.1) is 19.7 Å². The fourth-order valence-electron chi connectivity index (χ4n) is 2.11. The third-order valence-corrected chi connectivity index (χ3v) is 3.11. The van der Waals surface area contributed by atoms with Gasteiger partial charge in [0, 0.05) is 5.69 Å². The molecule has 0 aliphatic rings. The van der Waals surface area contributed by atoms with Crippen molar-refractivity contribution >= 4 is 5.70 Å². The van der Waals surface area contributed by atoms with Crippen molar-refractivity contribution in [2.45, 2.75) is 20.5 Å². The number of benzene rings is 1. The highest BCUT2D eigenvalue weighted by atomic mass is 19.1. The fourth-order valence-corrected chi connectivity index (χ4v) is 2.11. The number of halogens is 1. The van der Waals surface area contributed by atoms with Crippen LogP contribution in [0.2, 0.25) is 0 Å². The molecule has 0 aliphatic heterocycles. The number of nitrogens with one attached hydrogen (secondary N) is 1. The molecule has 0 atom stereocenters. The van der Waals surface area contributed by atoms with Crippen molar-refractivity contribution in [3.05, 3.63) is 65.2 Å². The van der Waals surface area contributed by atoms with Gasteiger partial charge in [0.1, 0.15) is 18.2 Å². The van der Waals surface area contributed by atoms with Crippen LogP contribution >= 0.6 is 0 Å². The first-order valence-electron chi connectivity index (χ1n) is 6.85. The molecule has 1 heterocycles. The molecule has 0 fully saturated rings. The van der Waals surface area contributed by atoms with Gasteiger partial charge in [-0.05, 0) is 43.7 Å². The monoisotopic (exact) mass is 302 g/mol. The van der Waals surface area contributed by atoms with Crippen molar-refractivity contribution in [1.82, 2.24) is 10.5 Å². The quantitative estimate of drug-likeness (QED) is 0.829. The van der Waals surface area contributed by atoms with Gasteiger partial charge in [0.15, 0.2) is 0 Å². The molecule has 1 N–H and O–H groups in total. The zero-order valence-electron chi connectivity index (χ0n) is 12.9. The van der Waals surface area contributed by atoms with Crippen LogP contribution < -0.4 is 10.2 Å². The van der Waals surface area contributed by atoms with Crippen LogP contribution in [0.25, 0.3) is 5.70 Å². The summed E-state index contributed by atoms with van der Waals surface area (Å²) >= 11 is 0. The molecule has 0 aliphatic carbocycles. The Morgan fingerprint density at radius 3 is 2.77 bits per heavy atom. The largest absolute Gasteiger partial charge is 0.496 e. The van der Waals surface area contributed by atoms with Crippen molar-refractivity contribution in [1.29, 1.82) is 0 Å². The van der Waals surface area contributed by atoms with E-state index in [1.165, 1.54) is 13.2 Å². The molecule has 2 rings (SSSR count). The number of rotatable bonds is 6. The van der Waals surface area contributed by atoms with Gasteiger partial charge in [0.05, 0.1) is 24.1 Å². The van der Waals surface area contributed by atoms with Crippen LogP contribution in [0.4, 0.5) is 4.39 Å². The first kappa shape index (κ1) is 16.0. The third kappa shape index (κ3) is 3.83. The van der Waals surface area contributed by atoms with Crippen LogP contribution in [0.15, 0.2) is 36.9 Å². The molecule has 4 nitrogen and oxygen atoms in total. The van der Waals surface area contributed by atoms with Crippen LogP contribution in [-0.4, -0.2) is 12.1 Å². The molecule has 116 valence electrons. The van der Waals surface area contributed by atoms with Gasteiger partial charge in [0.25, 0.3) is 0 Å². The van der Waals surface area contributed by atoms with Gasteiger partial charge in [-0.2, -0.15) is 0 Å². The van der Waals surface area contributed by atoms with Gasteiger partial charge in [0.2, 0.25) is 0 Å². The van der Waals surface area contributed by atoms with E-state index in [4.69, 9.17) is 9.57 Å². The van der Waals surface area contributed by atoms with Crippen LogP contribution in [0.3, 0.4) is 0 Å². The lowest BCUT2D eigenvalue weighted by molar-refractivity contribution is 0.0613. The second-order valence-electron chi connectivity index (χ2n) is 4.96. The second kappa shape index (κ2) is 7.04. The molecule has 1 aromatic heterocycles. The number of aryl methyl sites for hydroxylation is 2. The van der Waals surface area contributed by atoms with Crippen molar-refractivity contribution in [3.63, 3.8) is 0 Å². The second-order valence-corrected chi connectivity index (χ2v) is 4.96. The Morgan fingerprint density at radius 2 is 2.09 bits per heavy atom. The highest BCUT2D eigenvalue weighted by Crippen LogP contribution is 2.22. The number of hydrogen-bond acceptors (Lipinski definition) is 4. The number of nitrogens with zero attached hydrogens (tertiary/aromatic N) is 1. The van der Waals surface area contributed by atoms with Gasteiger partial charge >= 0.3 is 0 Å². The van der Waals surface area contributed by atoms with Crippen LogP contribution in [0.1, 0.15) is 22.5 Å². The van der Waals surface area contributed by atoms with Gasteiger partial charge in [-0.15, -0.1) is 0 Å². The highest BCUT2D eigenvalue weighted by molar-refractivity contribution is 5.58. The summed E-state index contributed by atoms with van der Waals surface area (Å²) in [5, 5.41) is 0. The zero-order valence-corrected chi connectivity index (χ0v) is 12.9. The van der Waals surface area contributed by atoms with E-state index in [1.54, 1.807) is 12.1 Å². The molecular formula is C17H19FN2O2. The number of ether oxygens (including phenoxy) is 1. The Kier molecular flexibility index (Phi) is 5.12. The summed E-state index contributed by atoms with van der Waals surface area (Å²) < 4.78 is 18.9. The minimum absolute atomic E-state index is 0.0136. The zero-order chi connectivity index (χ0) is 16.1. The molecule has 0 saturated carbocycles. The minimum atomic E-state index is -0.378. The molecule has 0 radical (unpaired) electrons. The molecule has 0 amide bonds. The number of methoxy groups -OCH3 is 1. The lowest BCUT2D eigenvalue weighted by atomic mass is 10.2. The first-order chi connectivity index (χ1) is 10.5. The summed E-state index contributed by atoms with van der Waals surface area (Å²) in [5.41, 5.74) is 6.24. The molecular weight excluding hydrogens is 283 g/mol. The molecule has 0 spiro atoms. The SMILES string of the molecule is C=C(NOCc1c(F)cccc1OC)c1cc(C)cc(C)n1. The molecule has 22 heavy (non-hydrogen) atoms. The molecule has 5 heteroatoms. The molecule has 0 bridgehead atoms. The normalized spacial score (nSPS) is 10.4. The van der Waals surface area contributed by atoms with E-state index in [2.05, 4.69) is 17.0 Å². The molecule has 0 unspecified atom stereocenters. The maximum absolute atomic E-state index is 13.8. The average Bonchev–Trinajstić information content (AvgIpc) is 2.47. The number of hydrogen-bond donors (Lipinski definition) is 1. The summed E-state index contributed by atoms with van der Waals surface area (Å²) in [6.45, 7) is 7.79. The standard InChI is InChI=1S/C17H19FN2O2/c1-11-8-12(2)19-16(9-11)13(3)20-22-10-14-15(18)6-5-7-17(14)21-4/h5-9,20H,3,10H2,1-2,4H3. The van der Waals surface area contributed by atoms with Crippen molar-refractivity contribution in [2.24, 2.45) is 0 Å². The number of aromatic nitrogens is 1. The average molecular weight is 302 g/mol. The fraction of sp³-hybridized carbons (Fsp3) is 0.235. The lowest BCUT2D eigenvalue weighted by Gasteiger charge is -2.13. The first-order valence-corrected chi connectivity index (χ1v) is 6.85. The Balaban J connectivity index is 2.01. The van der Waals surface area contributed by atoms with Crippen molar-refractivity contribution in [3.8, 4) is 5.75 Å². The van der Waals surface area contributed by atoms with Crippen molar-refractivity contribution < 1.29 is 14.0 Å². The topological polar surface area (TPSA) is 43.4 Å². The summed E-state index contributed by atoms with van der Waals surface area (Å²) in [4.78, 5) is 9.70. The van der Waals surface area contributed by atoms with E-state index in [0.29, 0.717) is 22.7 Å². The lowest BCUT2D eigenvalue weighted by Crippen LogP contribution is -2.14. The number of pyridine rings is 1. The predicted octanol–water partition coefficient (Wildman–Crippen LogP) is 3.54. The Bertz CT molecular complexity index is 666. The van der Waals surface area contributed by atoms with E-state index in [-0.39, 0.29) is 12.4 Å². The smallest absolute Gasteiger partial charge is 0.132 e. The van der Waals surface area contributed by atoms with Crippen LogP contribution in [0.5, 0.6) is 5.75 Å². The Hall–Kier alpha value is -2.40. The maximum Gasteiger partial charge on any atom is 0.132 e. The van der Waals surface area contributed by atoms with Gasteiger partial charge in [-0.3, -0.25) is 15.3 Å². The van der Waals surface area contributed by atoms with Gasteiger partial charge in [-0.1, -0.05) is 12.6 Å². The summed E-state index contributed by atoms with van der Waals surface area (Å²) in [6.07, 6.45) is 0. The summed E-state index contributed by atoms with van der Waals surface area (Å²) in [5.74, 6) is 0.0632. The van der Waals surface area contributed by atoms with E-state index in [1.807, 2.05) is 26.0 Å². The van der Waals surface area contributed by atoms with E-state index < -0.39 is 0 Å². The van der Waals surface area contributed by atoms with Gasteiger partial charge in [-0.25, -0.2) is 4.39 Å². The molecule has 1 aromatic carbocycles. The number of hydroxylamine groups is 1. The van der Waals surface area contributed by atoms with E-state index >= 15 is 0 Å². The summed E-state index contributed by atoms with van der Waals surface area (Å²) in [6, 6.07) is 8.50. The van der Waals surface area contributed by atoms with E-state index in [0.717, 1.165) is 11.3 Å². The Labute approximate surface area is 129 Å². The van der Waals surface area contributed by atoms with Gasteiger partial charge < -0.3 is 4.74 Å². The van der Waals surface area contributed by atoms with Crippen LogP contribution in [-0.2, 0) is 11.4 Å². The predicted molar refractivity (Wildman–Crippen MR) is 83.6 cm³/mol.